The van der Waals surface area contributed by atoms with Crippen molar-refractivity contribution >= 4 is 35.0 Å². The molecule has 2 amide bonds. The lowest BCUT2D eigenvalue weighted by molar-refractivity contribution is -0.116. The molecule has 28 heavy (non-hydrogen) atoms. The van der Waals surface area contributed by atoms with Crippen molar-refractivity contribution in [3.63, 3.8) is 0 Å². The molecule has 0 aliphatic heterocycles. The van der Waals surface area contributed by atoms with Crippen LogP contribution in [0.4, 0.5) is 16.2 Å². The lowest BCUT2D eigenvalue weighted by atomic mass is 10.2. The number of carbonyl (C=O) groups excluding carboxylic acids is 2. The fourth-order valence-electron chi connectivity index (χ4n) is 2.46. The van der Waals surface area contributed by atoms with Gasteiger partial charge in [0.15, 0.2) is 11.7 Å². The molecule has 0 fully saturated rings. The fourth-order valence-corrected chi connectivity index (χ4v) is 2.69. The van der Waals surface area contributed by atoms with E-state index in [2.05, 4.69) is 20.4 Å². The Kier molecular flexibility index (Phi) is 6.29. The van der Waals surface area contributed by atoms with Crippen LogP contribution in [0.5, 0.6) is 0 Å². The van der Waals surface area contributed by atoms with E-state index in [4.69, 9.17) is 16.0 Å². The Hall–Kier alpha value is -3.32. The molecule has 0 radical (unpaired) electrons. The van der Waals surface area contributed by atoms with Gasteiger partial charge in [-0.25, -0.2) is 9.78 Å². The van der Waals surface area contributed by atoms with Crippen LogP contribution in [-0.4, -0.2) is 24.1 Å². The summed E-state index contributed by atoms with van der Waals surface area (Å²) in [7, 11) is 1.29. The monoisotopic (exact) mass is 399 g/mol. The number of amides is 2. The maximum Gasteiger partial charge on any atom is 0.411 e. The first kappa shape index (κ1) is 19.4. The Labute approximate surface area is 166 Å². The van der Waals surface area contributed by atoms with E-state index < -0.39 is 6.09 Å². The van der Waals surface area contributed by atoms with Crippen LogP contribution in [-0.2, 0) is 16.0 Å². The number of rotatable bonds is 6. The number of hydrogen-bond donors (Lipinski definition) is 2. The van der Waals surface area contributed by atoms with Crippen molar-refractivity contribution in [2.24, 2.45) is 0 Å². The van der Waals surface area contributed by atoms with Gasteiger partial charge in [0, 0.05) is 29.8 Å². The normalized spacial score (nSPS) is 10.4. The second-order valence-electron chi connectivity index (χ2n) is 5.84. The number of halogens is 1. The van der Waals surface area contributed by atoms with E-state index >= 15 is 0 Å². The van der Waals surface area contributed by atoms with Gasteiger partial charge in [-0.2, -0.15) is 0 Å². The summed E-state index contributed by atoms with van der Waals surface area (Å²) in [5.74, 6) is 0.851. The standard InChI is InChI=1S/C20H18ClN3O4/c1-27-20(26)24-14-8-6-13(7-9-14)23-18(25)10-11-19-22-12-17(28-19)15-4-2-3-5-16(15)21/h2-9,12H,10-11H2,1H3,(H,23,25)(H,24,26). The van der Waals surface area contributed by atoms with Crippen LogP contribution < -0.4 is 10.6 Å². The number of nitrogens with zero attached hydrogens (tertiary/aromatic N) is 1. The van der Waals surface area contributed by atoms with Gasteiger partial charge in [-0.05, 0) is 36.4 Å². The molecule has 0 aliphatic rings. The summed E-state index contributed by atoms with van der Waals surface area (Å²) in [5.41, 5.74) is 1.94. The SMILES string of the molecule is COC(=O)Nc1ccc(NC(=O)CCc2ncc(-c3ccccc3Cl)o2)cc1. The highest BCUT2D eigenvalue weighted by Gasteiger charge is 2.11. The zero-order chi connectivity index (χ0) is 19.9. The molecule has 3 aromatic rings. The minimum Gasteiger partial charge on any atom is -0.453 e. The lowest BCUT2D eigenvalue weighted by Crippen LogP contribution is -2.13. The van der Waals surface area contributed by atoms with Crippen LogP contribution in [0, 0.1) is 0 Å². The molecule has 0 saturated carbocycles. The van der Waals surface area contributed by atoms with Gasteiger partial charge in [0.2, 0.25) is 5.91 Å². The Bertz CT molecular complexity index is 970. The average Bonchev–Trinajstić information content (AvgIpc) is 3.17. The van der Waals surface area contributed by atoms with E-state index in [-0.39, 0.29) is 12.3 Å². The van der Waals surface area contributed by atoms with Crippen molar-refractivity contribution in [3.05, 3.63) is 65.6 Å². The van der Waals surface area contributed by atoms with Gasteiger partial charge in [0.05, 0.1) is 18.3 Å². The molecule has 0 spiro atoms. The Balaban J connectivity index is 1.52. The minimum atomic E-state index is -0.557. The number of aryl methyl sites for hydroxylation is 1. The van der Waals surface area contributed by atoms with Gasteiger partial charge in [-0.15, -0.1) is 0 Å². The Morgan fingerprint density at radius 1 is 1.07 bits per heavy atom. The zero-order valence-corrected chi connectivity index (χ0v) is 15.8. The first-order valence-electron chi connectivity index (χ1n) is 8.49. The van der Waals surface area contributed by atoms with Gasteiger partial charge in [-0.1, -0.05) is 23.7 Å². The summed E-state index contributed by atoms with van der Waals surface area (Å²) >= 11 is 6.15. The van der Waals surface area contributed by atoms with Crippen LogP contribution in [0.1, 0.15) is 12.3 Å². The highest BCUT2D eigenvalue weighted by Crippen LogP contribution is 2.28. The first-order valence-corrected chi connectivity index (χ1v) is 8.87. The fraction of sp³-hybridized carbons (Fsp3) is 0.150. The third kappa shape index (κ3) is 5.11. The van der Waals surface area contributed by atoms with Crippen molar-refractivity contribution in [3.8, 4) is 11.3 Å². The molecular formula is C20H18ClN3O4. The second-order valence-corrected chi connectivity index (χ2v) is 6.25. The number of benzene rings is 2. The van der Waals surface area contributed by atoms with Crippen molar-refractivity contribution in [1.82, 2.24) is 4.98 Å². The molecular weight excluding hydrogens is 382 g/mol. The smallest absolute Gasteiger partial charge is 0.411 e. The van der Waals surface area contributed by atoms with Gasteiger partial charge in [0.25, 0.3) is 0 Å². The van der Waals surface area contributed by atoms with Crippen LogP contribution in [0.15, 0.2) is 59.1 Å². The number of ether oxygens (including phenoxy) is 1. The third-order valence-corrected chi connectivity index (χ3v) is 4.19. The first-order chi connectivity index (χ1) is 13.5. The zero-order valence-electron chi connectivity index (χ0n) is 15.1. The van der Waals surface area contributed by atoms with Crippen LogP contribution >= 0.6 is 11.6 Å². The second kappa shape index (κ2) is 9.05. The summed E-state index contributed by atoms with van der Waals surface area (Å²) in [6.45, 7) is 0. The molecule has 1 aromatic heterocycles. The predicted octanol–water partition coefficient (Wildman–Crippen LogP) is 4.74. The summed E-state index contributed by atoms with van der Waals surface area (Å²) in [6.07, 6.45) is 1.61. The third-order valence-electron chi connectivity index (χ3n) is 3.86. The van der Waals surface area contributed by atoms with Gasteiger partial charge in [0.1, 0.15) is 0 Å². The van der Waals surface area contributed by atoms with E-state index in [0.717, 1.165) is 5.56 Å². The van der Waals surface area contributed by atoms with E-state index in [1.165, 1.54) is 7.11 Å². The number of anilines is 2. The van der Waals surface area contributed by atoms with Gasteiger partial charge >= 0.3 is 6.09 Å². The highest BCUT2D eigenvalue weighted by molar-refractivity contribution is 6.33. The molecule has 1 heterocycles. The van der Waals surface area contributed by atoms with E-state index in [0.29, 0.717) is 34.5 Å². The number of methoxy groups -OCH3 is 1. The minimum absolute atomic E-state index is 0.175. The summed E-state index contributed by atoms with van der Waals surface area (Å²) < 4.78 is 10.2. The molecule has 0 saturated heterocycles. The summed E-state index contributed by atoms with van der Waals surface area (Å²) in [5, 5.41) is 5.89. The average molecular weight is 400 g/mol. The van der Waals surface area contributed by atoms with Crippen molar-refractivity contribution in [2.75, 3.05) is 17.7 Å². The van der Waals surface area contributed by atoms with E-state index in [1.54, 1.807) is 36.5 Å². The van der Waals surface area contributed by atoms with Crippen molar-refractivity contribution in [2.45, 2.75) is 12.8 Å². The molecule has 8 heteroatoms. The summed E-state index contributed by atoms with van der Waals surface area (Å²) in [4.78, 5) is 27.5. The number of hydrogen-bond acceptors (Lipinski definition) is 5. The predicted molar refractivity (Wildman–Crippen MR) is 106 cm³/mol. The number of nitrogens with one attached hydrogen (secondary N) is 2. The quantitative estimate of drug-likeness (QED) is 0.624. The topological polar surface area (TPSA) is 93.5 Å². The van der Waals surface area contributed by atoms with Crippen molar-refractivity contribution in [1.29, 1.82) is 0 Å². The van der Waals surface area contributed by atoms with Crippen LogP contribution in [0.2, 0.25) is 5.02 Å². The lowest BCUT2D eigenvalue weighted by Gasteiger charge is -2.07. The Morgan fingerprint density at radius 2 is 1.75 bits per heavy atom. The Morgan fingerprint density at radius 3 is 2.43 bits per heavy atom. The number of aromatic nitrogens is 1. The largest absolute Gasteiger partial charge is 0.453 e. The van der Waals surface area contributed by atoms with E-state index in [1.807, 2.05) is 18.2 Å². The van der Waals surface area contributed by atoms with Crippen LogP contribution in [0.25, 0.3) is 11.3 Å². The molecule has 0 aliphatic carbocycles. The maximum absolute atomic E-state index is 12.1. The molecule has 144 valence electrons. The van der Waals surface area contributed by atoms with Gasteiger partial charge in [-0.3, -0.25) is 10.1 Å². The van der Waals surface area contributed by atoms with Crippen molar-refractivity contribution < 1.29 is 18.7 Å². The van der Waals surface area contributed by atoms with Gasteiger partial charge < -0.3 is 14.5 Å². The summed E-state index contributed by atoms with van der Waals surface area (Å²) in [6, 6.07) is 14.0. The molecule has 7 nitrogen and oxygen atoms in total. The molecule has 0 unspecified atom stereocenters. The molecule has 3 rings (SSSR count). The number of oxazole rings is 1. The maximum atomic E-state index is 12.1. The molecule has 0 bridgehead atoms. The molecule has 2 N–H and O–H groups in total. The molecule has 2 aromatic carbocycles. The van der Waals surface area contributed by atoms with Crippen LogP contribution in [0.3, 0.4) is 0 Å². The number of carbonyl (C=O) groups is 2. The van der Waals surface area contributed by atoms with E-state index in [9.17, 15) is 9.59 Å². The molecule has 0 atom stereocenters. The highest BCUT2D eigenvalue weighted by atomic mass is 35.5.